The molecule has 0 aromatic heterocycles. The fraction of sp³-hybridized carbons (Fsp3) is 0.438. The molecule has 0 unspecified atom stereocenters. The van der Waals surface area contributed by atoms with Crippen LogP contribution >= 0.6 is 0 Å². The maximum absolute atomic E-state index is 13.9. The largest absolute Gasteiger partial charge is 0.396 e. The summed E-state index contributed by atoms with van der Waals surface area (Å²) < 4.78 is 27.6. The molecule has 0 saturated carbocycles. The minimum absolute atomic E-state index is 0.0445. The highest BCUT2D eigenvalue weighted by atomic mass is 19.1. The molecule has 5 heteroatoms. The third-order valence-electron chi connectivity index (χ3n) is 3.79. The van der Waals surface area contributed by atoms with E-state index in [1.165, 1.54) is 10.5 Å². The molecule has 1 heterocycles. The average Bonchev–Trinajstić information content (AvgIpc) is 2.42. The number of carbonyl (C=O) groups excluding carboxylic acids is 1. The Morgan fingerprint density at radius 3 is 2.48 bits per heavy atom. The summed E-state index contributed by atoms with van der Waals surface area (Å²) in [6.07, 6.45) is 2.67. The summed E-state index contributed by atoms with van der Waals surface area (Å²) in [7, 11) is 0. The molecule has 2 rings (SSSR count). The van der Waals surface area contributed by atoms with Crippen LogP contribution in [-0.2, 0) is 0 Å². The fourth-order valence-corrected chi connectivity index (χ4v) is 2.46. The van der Waals surface area contributed by atoms with Gasteiger partial charge in [0.15, 0.2) is 5.82 Å². The molecule has 0 fully saturated rings. The van der Waals surface area contributed by atoms with Crippen molar-refractivity contribution in [3.8, 4) is 0 Å². The van der Waals surface area contributed by atoms with Gasteiger partial charge in [-0.25, -0.2) is 8.78 Å². The molecule has 1 amide bonds. The molecular weight excluding hydrogens is 274 g/mol. The standard InChI is InChI=1S/C16H20F2N2O/c1-16(2,3)10-6-8-20(9-7-10)15(21)13-11(17)4-5-12(19)14(13)18/h4-6H,7-9,19H2,1-3H3. The first-order valence-electron chi connectivity index (χ1n) is 6.94. The number of amides is 1. The van der Waals surface area contributed by atoms with E-state index >= 15 is 0 Å². The summed E-state index contributed by atoms with van der Waals surface area (Å²) in [6.45, 7) is 7.13. The number of anilines is 1. The zero-order chi connectivity index (χ0) is 15.8. The second kappa shape index (κ2) is 5.47. The number of hydrogen-bond donors (Lipinski definition) is 1. The van der Waals surface area contributed by atoms with E-state index in [4.69, 9.17) is 5.73 Å². The molecule has 21 heavy (non-hydrogen) atoms. The molecule has 1 aliphatic heterocycles. The van der Waals surface area contributed by atoms with Gasteiger partial charge < -0.3 is 10.6 Å². The van der Waals surface area contributed by atoms with Crippen molar-refractivity contribution >= 4 is 11.6 Å². The highest BCUT2D eigenvalue weighted by molar-refractivity contribution is 5.96. The van der Waals surface area contributed by atoms with Crippen LogP contribution in [-0.4, -0.2) is 23.9 Å². The summed E-state index contributed by atoms with van der Waals surface area (Å²) in [4.78, 5) is 13.8. The molecule has 3 nitrogen and oxygen atoms in total. The lowest BCUT2D eigenvalue weighted by Gasteiger charge is -2.32. The summed E-state index contributed by atoms with van der Waals surface area (Å²) in [5, 5.41) is 0. The Kier molecular flexibility index (Phi) is 4.03. The molecule has 0 aliphatic carbocycles. The number of carbonyl (C=O) groups is 1. The quantitative estimate of drug-likeness (QED) is 0.637. The summed E-state index contributed by atoms with van der Waals surface area (Å²) in [5.74, 6) is -2.51. The van der Waals surface area contributed by atoms with Gasteiger partial charge in [0.1, 0.15) is 11.4 Å². The number of halogens is 2. The van der Waals surface area contributed by atoms with Crippen molar-refractivity contribution in [2.45, 2.75) is 27.2 Å². The van der Waals surface area contributed by atoms with E-state index in [1.807, 2.05) is 6.08 Å². The molecule has 0 radical (unpaired) electrons. The first-order chi connectivity index (χ1) is 9.71. The van der Waals surface area contributed by atoms with E-state index in [0.717, 1.165) is 12.1 Å². The minimum Gasteiger partial charge on any atom is -0.396 e. The van der Waals surface area contributed by atoms with Crippen molar-refractivity contribution in [3.63, 3.8) is 0 Å². The normalized spacial score (nSPS) is 15.9. The topological polar surface area (TPSA) is 46.3 Å². The minimum atomic E-state index is -0.981. The average molecular weight is 294 g/mol. The Morgan fingerprint density at radius 1 is 1.29 bits per heavy atom. The van der Waals surface area contributed by atoms with E-state index in [0.29, 0.717) is 19.5 Å². The van der Waals surface area contributed by atoms with Crippen molar-refractivity contribution in [3.05, 3.63) is 41.0 Å². The molecule has 1 aromatic carbocycles. The van der Waals surface area contributed by atoms with Crippen molar-refractivity contribution < 1.29 is 13.6 Å². The fourth-order valence-electron chi connectivity index (χ4n) is 2.46. The van der Waals surface area contributed by atoms with E-state index in [9.17, 15) is 13.6 Å². The molecule has 0 atom stereocenters. The van der Waals surface area contributed by atoms with Crippen molar-refractivity contribution in [2.24, 2.45) is 5.41 Å². The molecule has 0 saturated heterocycles. The monoisotopic (exact) mass is 294 g/mol. The molecule has 2 N–H and O–H groups in total. The Labute approximate surface area is 123 Å². The maximum atomic E-state index is 13.9. The van der Waals surface area contributed by atoms with Crippen LogP contribution in [0, 0.1) is 17.0 Å². The van der Waals surface area contributed by atoms with Gasteiger partial charge in [-0.05, 0) is 24.0 Å². The van der Waals surface area contributed by atoms with E-state index in [-0.39, 0.29) is 11.1 Å². The van der Waals surface area contributed by atoms with Crippen LogP contribution in [0.15, 0.2) is 23.8 Å². The summed E-state index contributed by atoms with van der Waals surface area (Å²) >= 11 is 0. The zero-order valence-electron chi connectivity index (χ0n) is 12.5. The number of benzene rings is 1. The summed E-state index contributed by atoms with van der Waals surface area (Å²) in [5.41, 5.74) is 5.92. The molecule has 1 aliphatic rings. The number of nitrogen functional groups attached to an aromatic ring is 1. The zero-order valence-corrected chi connectivity index (χ0v) is 12.5. The SMILES string of the molecule is CC(C)(C)C1=CCN(C(=O)c2c(F)ccc(N)c2F)CC1. The van der Waals surface area contributed by atoms with Gasteiger partial charge in [0.25, 0.3) is 5.91 Å². The molecule has 0 bridgehead atoms. The highest BCUT2D eigenvalue weighted by Gasteiger charge is 2.28. The predicted octanol–water partition coefficient (Wildman–Crippen LogP) is 3.37. The van der Waals surface area contributed by atoms with Gasteiger partial charge in [0, 0.05) is 13.1 Å². The van der Waals surface area contributed by atoms with Crippen LogP contribution in [0.25, 0.3) is 0 Å². The van der Waals surface area contributed by atoms with Gasteiger partial charge in [0.2, 0.25) is 0 Å². The number of rotatable bonds is 1. The summed E-state index contributed by atoms with van der Waals surface area (Å²) in [6, 6.07) is 2.14. The first kappa shape index (κ1) is 15.5. The Hall–Kier alpha value is -1.91. The third kappa shape index (κ3) is 3.06. The lowest BCUT2D eigenvalue weighted by Crippen LogP contribution is -2.37. The second-order valence-corrected chi connectivity index (χ2v) is 6.31. The lowest BCUT2D eigenvalue weighted by atomic mass is 9.83. The smallest absolute Gasteiger partial charge is 0.260 e. The van der Waals surface area contributed by atoms with Crippen LogP contribution in [0.3, 0.4) is 0 Å². The van der Waals surface area contributed by atoms with E-state index in [1.54, 1.807) is 0 Å². The Bertz CT molecular complexity index is 603. The van der Waals surface area contributed by atoms with Crippen LogP contribution in [0.2, 0.25) is 0 Å². The maximum Gasteiger partial charge on any atom is 0.260 e. The lowest BCUT2D eigenvalue weighted by molar-refractivity contribution is 0.0755. The van der Waals surface area contributed by atoms with Crippen molar-refractivity contribution in [2.75, 3.05) is 18.8 Å². The van der Waals surface area contributed by atoms with Crippen molar-refractivity contribution in [1.82, 2.24) is 4.90 Å². The van der Waals surface area contributed by atoms with Gasteiger partial charge in [-0.15, -0.1) is 0 Å². The van der Waals surface area contributed by atoms with Gasteiger partial charge in [-0.1, -0.05) is 32.4 Å². The Balaban J connectivity index is 2.24. The molecule has 114 valence electrons. The van der Waals surface area contributed by atoms with Crippen LogP contribution in [0.5, 0.6) is 0 Å². The molecule has 0 spiro atoms. The van der Waals surface area contributed by atoms with Crippen molar-refractivity contribution in [1.29, 1.82) is 0 Å². The molecule has 1 aromatic rings. The predicted molar refractivity (Wildman–Crippen MR) is 78.8 cm³/mol. The van der Waals surface area contributed by atoms with Crippen LogP contribution in [0.1, 0.15) is 37.6 Å². The highest BCUT2D eigenvalue weighted by Crippen LogP contribution is 2.31. The number of nitrogens with two attached hydrogens (primary N) is 1. The van der Waals surface area contributed by atoms with Gasteiger partial charge in [0.05, 0.1) is 5.69 Å². The van der Waals surface area contributed by atoms with Crippen LogP contribution in [0.4, 0.5) is 14.5 Å². The second-order valence-electron chi connectivity index (χ2n) is 6.31. The Morgan fingerprint density at radius 2 is 1.95 bits per heavy atom. The van der Waals surface area contributed by atoms with Gasteiger partial charge >= 0.3 is 0 Å². The number of nitrogens with zero attached hydrogens (tertiary/aromatic N) is 1. The molecular formula is C16H20F2N2O. The van der Waals surface area contributed by atoms with Gasteiger partial charge in [-0.3, -0.25) is 4.79 Å². The van der Waals surface area contributed by atoms with E-state index < -0.39 is 23.1 Å². The number of hydrogen-bond acceptors (Lipinski definition) is 2. The van der Waals surface area contributed by atoms with Gasteiger partial charge in [-0.2, -0.15) is 0 Å². The first-order valence-corrected chi connectivity index (χ1v) is 6.94. The van der Waals surface area contributed by atoms with E-state index in [2.05, 4.69) is 20.8 Å². The van der Waals surface area contributed by atoms with Crippen LogP contribution < -0.4 is 5.73 Å². The third-order valence-corrected chi connectivity index (χ3v) is 3.79.